The summed E-state index contributed by atoms with van der Waals surface area (Å²) in [6.07, 6.45) is 3.62. The molecule has 4 rings (SSSR count). The number of ether oxygens (including phenoxy) is 1. The van der Waals surface area contributed by atoms with E-state index in [1.165, 1.54) is 27.5 Å². The highest BCUT2D eigenvalue weighted by molar-refractivity contribution is 7.89. The minimum Gasteiger partial charge on any atom is -0.452 e. The number of esters is 1. The lowest BCUT2D eigenvalue weighted by Gasteiger charge is -2.33. The Labute approximate surface area is 185 Å². The van der Waals surface area contributed by atoms with E-state index >= 15 is 0 Å². The largest absolute Gasteiger partial charge is 0.452 e. The Kier molecular flexibility index (Phi) is 6.38. The van der Waals surface area contributed by atoms with Crippen LogP contribution in [0.2, 0.25) is 0 Å². The zero-order valence-electron chi connectivity index (χ0n) is 17.2. The van der Waals surface area contributed by atoms with Crippen molar-refractivity contribution in [2.24, 2.45) is 0 Å². The number of anilines is 1. The van der Waals surface area contributed by atoms with E-state index in [2.05, 4.69) is 10.3 Å². The van der Waals surface area contributed by atoms with E-state index in [-0.39, 0.29) is 36.6 Å². The van der Waals surface area contributed by atoms with Gasteiger partial charge in [-0.2, -0.15) is 4.31 Å². The number of halogens is 1. The van der Waals surface area contributed by atoms with Gasteiger partial charge in [-0.05, 0) is 49.2 Å². The normalized spacial score (nSPS) is 17.1. The number of hydrogen-bond acceptors (Lipinski definition) is 7. The van der Waals surface area contributed by atoms with Gasteiger partial charge in [-0.3, -0.25) is 4.79 Å². The summed E-state index contributed by atoms with van der Waals surface area (Å²) in [5, 5.41) is 3.21. The standard InChI is InChI=1S/C21H23FN4O5S/c22-16-2-6-18(7-3-16)32(29,30)26-11-9-25(10-12-26)20(27)14-31-21(28)15-1-8-19(23-13-15)24-17-4-5-17/h1-3,6-8,13,17H,4-5,9-12,14H2,(H,23,24). The van der Waals surface area contributed by atoms with Crippen LogP contribution in [0.3, 0.4) is 0 Å². The molecule has 1 amide bonds. The van der Waals surface area contributed by atoms with Gasteiger partial charge in [0.1, 0.15) is 11.6 Å². The van der Waals surface area contributed by atoms with Crippen LogP contribution >= 0.6 is 0 Å². The Morgan fingerprint density at radius 2 is 1.75 bits per heavy atom. The molecule has 11 heteroatoms. The van der Waals surface area contributed by atoms with Crippen LogP contribution in [-0.2, 0) is 19.6 Å². The molecule has 1 aromatic carbocycles. The van der Waals surface area contributed by atoms with Crippen molar-refractivity contribution in [1.29, 1.82) is 0 Å². The van der Waals surface area contributed by atoms with Crippen LogP contribution in [-0.4, -0.2) is 73.3 Å². The first-order chi connectivity index (χ1) is 15.3. The van der Waals surface area contributed by atoms with Crippen molar-refractivity contribution in [2.75, 3.05) is 38.1 Å². The van der Waals surface area contributed by atoms with Crippen molar-refractivity contribution in [1.82, 2.24) is 14.2 Å². The third-order valence-corrected chi connectivity index (χ3v) is 7.21. The first kappa shape index (κ1) is 22.2. The molecule has 9 nitrogen and oxygen atoms in total. The highest BCUT2D eigenvalue weighted by Crippen LogP contribution is 2.23. The first-order valence-electron chi connectivity index (χ1n) is 10.3. The number of piperazine rings is 1. The van der Waals surface area contributed by atoms with E-state index in [1.54, 1.807) is 12.1 Å². The Morgan fingerprint density at radius 3 is 2.34 bits per heavy atom. The fourth-order valence-electron chi connectivity index (χ4n) is 3.27. The van der Waals surface area contributed by atoms with Crippen LogP contribution < -0.4 is 5.32 Å². The van der Waals surface area contributed by atoms with Gasteiger partial charge in [0.05, 0.1) is 10.5 Å². The van der Waals surface area contributed by atoms with Crippen molar-refractivity contribution < 1.29 is 27.1 Å². The fraction of sp³-hybridized carbons (Fsp3) is 0.381. The van der Waals surface area contributed by atoms with Crippen LogP contribution in [0.1, 0.15) is 23.2 Å². The monoisotopic (exact) mass is 462 g/mol. The number of nitrogens with zero attached hydrogens (tertiary/aromatic N) is 3. The van der Waals surface area contributed by atoms with Gasteiger partial charge < -0.3 is 15.0 Å². The number of nitrogens with one attached hydrogen (secondary N) is 1. The van der Waals surface area contributed by atoms with E-state index in [9.17, 15) is 22.4 Å². The van der Waals surface area contributed by atoms with Crippen molar-refractivity contribution in [3.05, 3.63) is 54.0 Å². The summed E-state index contributed by atoms with van der Waals surface area (Å²) in [4.78, 5) is 30.2. The van der Waals surface area contributed by atoms with Crippen LogP contribution in [0.4, 0.5) is 10.2 Å². The van der Waals surface area contributed by atoms with Crippen LogP contribution in [0.15, 0.2) is 47.5 Å². The van der Waals surface area contributed by atoms with Gasteiger partial charge in [0.15, 0.2) is 6.61 Å². The van der Waals surface area contributed by atoms with Gasteiger partial charge in [-0.25, -0.2) is 22.6 Å². The number of pyridine rings is 1. The number of benzene rings is 1. The molecule has 0 spiro atoms. The molecule has 2 aromatic rings. The second kappa shape index (κ2) is 9.21. The molecule has 0 radical (unpaired) electrons. The molecule has 1 aliphatic heterocycles. The van der Waals surface area contributed by atoms with Crippen LogP contribution in [0.5, 0.6) is 0 Å². The molecule has 170 valence electrons. The maximum atomic E-state index is 13.1. The summed E-state index contributed by atoms with van der Waals surface area (Å²) in [7, 11) is -3.77. The number of hydrogen-bond donors (Lipinski definition) is 1. The Bertz CT molecular complexity index is 1080. The number of amides is 1. The second-order valence-corrected chi connectivity index (χ2v) is 9.60. The zero-order valence-corrected chi connectivity index (χ0v) is 18.1. The second-order valence-electron chi connectivity index (χ2n) is 7.67. The van der Waals surface area contributed by atoms with Gasteiger partial charge >= 0.3 is 5.97 Å². The predicted octanol–water partition coefficient (Wildman–Crippen LogP) is 1.48. The first-order valence-corrected chi connectivity index (χ1v) is 11.7. The maximum absolute atomic E-state index is 13.1. The van der Waals surface area contributed by atoms with E-state index < -0.39 is 34.3 Å². The molecule has 1 N–H and O–H groups in total. The highest BCUT2D eigenvalue weighted by atomic mass is 32.2. The number of aromatic nitrogens is 1. The number of rotatable bonds is 7. The summed E-state index contributed by atoms with van der Waals surface area (Å²) >= 11 is 0. The average molecular weight is 463 g/mol. The minimum absolute atomic E-state index is 0.000402. The topological polar surface area (TPSA) is 109 Å². The predicted molar refractivity (Wildman–Crippen MR) is 113 cm³/mol. The maximum Gasteiger partial charge on any atom is 0.340 e. The molecule has 1 aromatic heterocycles. The lowest BCUT2D eigenvalue weighted by Crippen LogP contribution is -2.51. The summed E-state index contributed by atoms with van der Waals surface area (Å²) in [6.45, 7) is 0.0863. The Morgan fingerprint density at radius 1 is 1.06 bits per heavy atom. The molecule has 1 saturated carbocycles. The van der Waals surface area contributed by atoms with Crippen LogP contribution in [0.25, 0.3) is 0 Å². The minimum atomic E-state index is -3.77. The molecular weight excluding hydrogens is 439 g/mol. The molecule has 0 unspecified atom stereocenters. The van der Waals surface area contributed by atoms with E-state index in [1.807, 2.05) is 0 Å². The molecule has 32 heavy (non-hydrogen) atoms. The molecule has 1 aliphatic carbocycles. The SMILES string of the molecule is O=C(OCC(=O)N1CCN(S(=O)(=O)c2ccc(F)cc2)CC1)c1ccc(NC2CC2)nc1. The van der Waals surface area contributed by atoms with Gasteiger partial charge in [-0.15, -0.1) is 0 Å². The lowest BCUT2D eigenvalue weighted by molar-refractivity contribution is -0.135. The number of sulfonamides is 1. The van der Waals surface area contributed by atoms with Gasteiger partial charge in [-0.1, -0.05) is 0 Å². The summed E-state index contributed by atoms with van der Waals surface area (Å²) in [5.74, 6) is -0.886. The molecule has 2 aliphatic rings. The Hall–Kier alpha value is -3.05. The lowest BCUT2D eigenvalue weighted by atomic mass is 10.3. The van der Waals surface area contributed by atoms with Gasteiger partial charge in [0, 0.05) is 38.4 Å². The molecule has 0 atom stereocenters. The van der Waals surface area contributed by atoms with Crippen molar-refractivity contribution in [3.8, 4) is 0 Å². The Balaban J connectivity index is 1.25. The fourth-order valence-corrected chi connectivity index (χ4v) is 4.69. The van der Waals surface area contributed by atoms with Gasteiger partial charge in [0.25, 0.3) is 5.91 Å². The average Bonchev–Trinajstić information content (AvgIpc) is 3.62. The number of carbonyl (C=O) groups excluding carboxylic acids is 2. The molecule has 1 saturated heterocycles. The quantitative estimate of drug-likeness (QED) is 0.621. The molecule has 0 bridgehead atoms. The van der Waals surface area contributed by atoms with Crippen LogP contribution in [0, 0.1) is 5.82 Å². The van der Waals surface area contributed by atoms with E-state index in [0.29, 0.717) is 11.9 Å². The van der Waals surface area contributed by atoms with Crippen molar-refractivity contribution in [2.45, 2.75) is 23.8 Å². The van der Waals surface area contributed by atoms with Gasteiger partial charge in [0.2, 0.25) is 10.0 Å². The third-order valence-electron chi connectivity index (χ3n) is 5.30. The summed E-state index contributed by atoms with van der Waals surface area (Å²) in [6, 6.07) is 8.34. The smallest absolute Gasteiger partial charge is 0.340 e. The highest BCUT2D eigenvalue weighted by Gasteiger charge is 2.30. The summed E-state index contributed by atoms with van der Waals surface area (Å²) in [5.41, 5.74) is 0.245. The van der Waals surface area contributed by atoms with E-state index in [4.69, 9.17) is 4.74 Å². The number of carbonyl (C=O) groups is 2. The zero-order chi connectivity index (χ0) is 22.7. The van der Waals surface area contributed by atoms with Crippen molar-refractivity contribution in [3.63, 3.8) is 0 Å². The molecule has 2 fully saturated rings. The summed E-state index contributed by atoms with van der Waals surface area (Å²) < 4.78 is 44.7. The third kappa shape index (κ3) is 5.22. The van der Waals surface area contributed by atoms with Crippen molar-refractivity contribution >= 4 is 27.7 Å². The van der Waals surface area contributed by atoms with E-state index in [0.717, 1.165) is 25.0 Å². The molecular formula is C21H23FN4O5S. The molecule has 2 heterocycles.